The molecule has 1 heterocycles. The molecular weight excluding hydrogens is 362 g/mol. The van der Waals surface area contributed by atoms with Crippen molar-refractivity contribution in [1.82, 2.24) is 9.97 Å². The van der Waals surface area contributed by atoms with Gasteiger partial charge < -0.3 is 21.1 Å². The van der Waals surface area contributed by atoms with Crippen molar-refractivity contribution in [2.24, 2.45) is 5.73 Å². The summed E-state index contributed by atoms with van der Waals surface area (Å²) in [7, 11) is 1.67. The normalized spacial score (nSPS) is 18.8. The van der Waals surface area contributed by atoms with Gasteiger partial charge in [-0.1, -0.05) is 37.1 Å². The second-order valence-electron chi connectivity index (χ2n) is 7.40. The van der Waals surface area contributed by atoms with Gasteiger partial charge in [-0.3, -0.25) is 0 Å². The van der Waals surface area contributed by atoms with Crippen LogP contribution in [-0.4, -0.2) is 29.2 Å². The van der Waals surface area contributed by atoms with Gasteiger partial charge in [-0.05, 0) is 54.3 Å². The van der Waals surface area contributed by atoms with Crippen molar-refractivity contribution in [1.29, 1.82) is 0 Å². The van der Waals surface area contributed by atoms with E-state index in [0.29, 0.717) is 5.95 Å². The van der Waals surface area contributed by atoms with Gasteiger partial charge in [-0.2, -0.15) is 4.98 Å². The molecule has 4 N–H and O–H groups in total. The van der Waals surface area contributed by atoms with Gasteiger partial charge in [-0.15, -0.1) is 0 Å². The molecule has 0 spiro atoms. The first-order valence-electron chi connectivity index (χ1n) is 10.1. The van der Waals surface area contributed by atoms with Gasteiger partial charge in [0.15, 0.2) is 0 Å². The SMILES string of the molecule is COc1ccc(-c2cccc(Nc3ccnc(N[C@@H]4CCCC[C@@H]4N)n3)c2)cc1. The third kappa shape index (κ3) is 4.84. The lowest BCUT2D eigenvalue weighted by molar-refractivity contribution is 0.402. The standard InChI is InChI=1S/C23H27N5O/c1-29-19-11-9-16(10-12-19)17-5-4-6-18(15-17)26-22-13-14-25-23(28-22)27-21-8-3-2-7-20(21)24/h4-6,9-15,20-21H,2-3,7-8,24H2,1H3,(H2,25,26,27,28)/t20-,21+/m0/s1. The zero-order chi connectivity index (χ0) is 20.1. The molecule has 3 aromatic rings. The highest BCUT2D eigenvalue weighted by Crippen LogP contribution is 2.26. The molecular formula is C23H27N5O. The van der Waals surface area contributed by atoms with Crippen LogP contribution in [0.4, 0.5) is 17.5 Å². The molecule has 1 aliphatic carbocycles. The smallest absolute Gasteiger partial charge is 0.224 e. The highest BCUT2D eigenvalue weighted by molar-refractivity contribution is 5.70. The third-order valence-corrected chi connectivity index (χ3v) is 5.35. The van der Waals surface area contributed by atoms with Crippen LogP contribution in [0.5, 0.6) is 5.75 Å². The van der Waals surface area contributed by atoms with Crippen molar-refractivity contribution in [2.45, 2.75) is 37.8 Å². The molecule has 0 amide bonds. The number of hydrogen-bond donors (Lipinski definition) is 3. The number of hydrogen-bond acceptors (Lipinski definition) is 6. The van der Waals surface area contributed by atoms with Crippen LogP contribution in [0, 0.1) is 0 Å². The number of nitrogens with one attached hydrogen (secondary N) is 2. The summed E-state index contributed by atoms with van der Waals surface area (Å²) in [5.41, 5.74) is 9.46. The largest absolute Gasteiger partial charge is 0.497 e. The molecule has 6 nitrogen and oxygen atoms in total. The maximum absolute atomic E-state index is 6.24. The minimum atomic E-state index is 0.158. The molecule has 29 heavy (non-hydrogen) atoms. The van der Waals surface area contributed by atoms with Crippen LogP contribution in [0.2, 0.25) is 0 Å². The number of ether oxygens (including phenoxy) is 1. The highest BCUT2D eigenvalue weighted by Gasteiger charge is 2.22. The number of aromatic nitrogens is 2. The number of rotatable bonds is 6. The van der Waals surface area contributed by atoms with Gasteiger partial charge in [0, 0.05) is 24.0 Å². The van der Waals surface area contributed by atoms with E-state index in [9.17, 15) is 0 Å². The quantitative estimate of drug-likeness (QED) is 0.572. The number of nitrogens with zero attached hydrogens (tertiary/aromatic N) is 2. The Bertz CT molecular complexity index is 944. The van der Waals surface area contributed by atoms with Crippen LogP contribution >= 0.6 is 0 Å². The van der Waals surface area contributed by atoms with Gasteiger partial charge >= 0.3 is 0 Å². The second-order valence-corrected chi connectivity index (χ2v) is 7.40. The predicted octanol–water partition coefficient (Wildman–Crippen LogP) is 4.58. The maximum Gasteiger partial charge on any atom is 0.224 e. The zero-order valence-corrected chi connectivity index (χ0v) is 16.6. The second kappa shape index (κ2) is 8.92. The van der Waals surface area contributed by atoms with E-state index in [1.54, 1.807) is 13.3 Å². The average molecular weight is 390 g/mol. The number of benzene rings is 2. The van der Waals surface area contributed by atoms with Crippen molar-refractivity contribution >= 4 is 17.5 Å². The summed E-state index contributed by atoms with van der Waals surface area (Å²) in [4.78, 5) is 8.98. The molecule has 0 unspecified atom stereocenters. The Morgan fingerprint density at radius 2 is 1.83 bits per heavy atom. The lowest BCUT2D eigenvalue weighted by atomic mass is 9.91. The summed E-state index contributed by atoms with van der Waals surface area (Å²) in [6, 6.07) is 18.5. The molecule has 0 bridgehead atoms. The molecule has 0 aliphatic heterocycles. The summed E-state index contributed by atoms with van der Waals surface area (Å²) in [5.74, 6) is 2.21. The first-order valence-corrected chi connectivity index (χ1v) is 10.1. The van der Waals surface area contributed by atoms with Crippen LogP contribution in [0.1, 0.15) is 25.7 Å². The monoisotopic (exact) mass is 389 g/mol. The van der Waals surface area contributed by atoms with Gasteiger partial charge in [0.05, 0.1) is 7.11 Å². The fourth-order valence-electron chi connectivity index (χ4n) is 3.71. The average Bonchev–Trinajstić information content (AvgIpc) is 2.76. The lowest BCUT2D eigenvalue weighted by Gasteiger charge is -2.29. The summed E-state index contributed by atoms with van der Waals surface area (Å²) in [6.07, 6.45) is 6.27. The van der Waals surface area contributed by atoms with Gasteiger partial charge in [0.1, 0.15) is 11.6 Å². The Morgan fingerprint density at radius 1 is 1.00 bits per heavy atom. The highest BCUT2D eigenvalue weighted by atomic mass is 16.5. The van der Waals surface area contributed by atoms with Crippen LogP contribution in [0.15, 0.2) is 60.8 Å². The Morgan fingerprint density at radius 3 is 2.62 bits per heavy atom. The molecule has 1 aliphatic rings. The van der Waals surface area contributed by atoms with E-state index in [4.69, 9.17) is 10.5 Å². The molecule has 1 saturated carbocycles. The van der Waals surface area contributed by atoms with E-state index in [0.717, 1.165) is 41.2 Å². The van der Waals surface area contributed by atoms with E-state index in [1.807, 2.05) is 30.3 Å². The maximum atomic E-state index is 6.24. The van der Waals surface area contributed by atoms with E-state index >= 15 is 0 Å². The molecule has 6 heteroatoms. The van der Waals surface area contributed by atoms with Crippen molar-refractivity contribution in [3.63, 3.8) is 0 Å². The number of anilines is 3. The van der Waals surface area contributed by atoms with Gasteiger partial charge in [-0.25, -0.2) is 4.98 Å². The Hall–Kier alpha value is -3.12. The van der Waals surface area contributed by atoms with E-state index < -0.39 is 0 Å². The lowest BCUT2D eigenvalue weighted by Crippen LogP contribution is -2.42. The molecule has 1 aromatic heterocycles. The van der Waals surface area contributed by atoms with Crippen LogP contribution in [0.25, 0.3) is 11.1 Å². The Kier molecular flexibility index (Phi) is 5.91. The Balaban J connectivity index is 1.47. The summed E-state index contributed by atoms with van der Waals surface area (Å²) in [5, 5.41) is 6.78. The fourth-order valence-corrected chi connectivity index (χ4v) is 3.71. The molecule has 4 rings (SSSR count). The summed E-state index contributed by atoms with van der Waals surface area (Å²) in [6.45, 7) is 0. The van der Waals surface area contributed by atoms with Gasteiger partial charge in [0.25, 0.3) is 0 Å². The van der Waals surface area contributed by atoms with Crippen LogP contribution in [0.3, 0.4) is 0 Å². The molecule has 0 radical (unpaired) electrons. The number of methoxy groups -OCH3 is 1. The van der Waals surface area contributed by atoms with E-state index in [1.165, 1.54) is 12.8 Å². The Labute approximate surface area is 171 Å². The minimum Gasteiger partial charge on any atom is -0.497 e. The third-order valence-electron chi connectivity index (χ3n) is 5.35. The van der Waals surface area contributed by atoms with Gasteiger partial charge in [0.2, 0.25) is 5.95 Å². The van der Waals surface area contributed by atoms with Crippen molar-refractivity contribution < 1.29 is 4.74 Å². The molecule has 0 saturated heterocycles. The van der Waals surface area contributed by atoms with E-state index in [2.05, 4.69) is 44.9 Å². The fraction of sp³-hybridized carbons (Fsp3) is 0.304. The van der Waals surface area contributed by atoms with Crippen LogP contribution < -0.4 is 21.1 Å². The van der Waals surface area contributed by atoms with Crippen molar-refractivity contribution in [3.8, 4) is 16.9 Å². The van der Waals surface area contributed by atoms with Crippen molar-refractivity contribution in [2.75, 3.05) is 17.7 Å². The first-order chi connectivity index (χ1) is 14.2. The summed E-state index contributed by atoms with van der Waals surface area (Å²) >= 11 is 0. The summed E-state index contributed by atoms with van der Waals surface area (Å²) < 4.78 is 5.24. The first kappa shape index (κ1) is 19.2. The van der Waals surface area contributed by atoms with Crippen molar-refractivity contribution in [3.05, 3.63) is 60.8 Å². The molecule has 1 fully saturated rings. The molecule has 2 aromatic carbocycles. The van der Waals surface area contributed by atoms with E-state index in [-0.39, 0.29) is 12.1 Å². The topological polar surface area (TPSA) is 85.1 Å². The van der Waals surface area contributed by atoms with Crippen LogP contribution in [-0.2, 0) is 0 Å². The molecule has 150 valence electrons. The predicted molar refractivity (Wildman–Crippen MR) is 118 cm³/mol. The zero-order valence-electron chi connectivity index (χ0n) is 16.6. The minimum absolute atomic E-state index is 0.158. The molecule has 2 atom stereocenters. The number of nitrogens with two attached hydrogens (primary N) is 1.